The molecule has 1 aliphatic rings. The summed E-state index contributed by atoms with van der Waals surface area (Å²) in [5.74, 6) is 1.34. The third-order valence-corrected chi connectivity index (χ3v) is 5.10. The van der Waals surface area contributed by atoms with Crippen molar-refractivity contribution in [2.45, 2.75) is 31.1 Å². The number of thiophene rings is 1. The Kier molecular flexibility index (Phi) is 3.52. The molecule has 2 unspecified atom stereocenters. The van der Waals surface area contributed by atoms with E-state index in [0.717, 1.165) is 5.25 Å². The van der Waals surface area contributed by atoms with Crippen LogP contribution >= 0.6 is 23.1 Å². The van der Waals surface area contributed by atoms with E-state index in [1.165, 1.54) is 29.0 Å². The highest BCUT2D eigenvalue weighted by Crippen LogP contribution is 2.36. The van der Waals surface area contributed by atoms with Gasteiger partial charge in [-0.2, -0.15) is 11.8 Å². The lowest BCUT2D eigenvalue weighted by atomic mass is 10.0. The second-order valence-electron chi connectivity index (χ2n) is 3.81. The molecule has 1 nitrogen and oxygen atoms in total. The summed E-state index contributed by atoms with van der Waals surface area (Å²) in [5, 5.41) is 6.55. The molecule has 14 heavy (non-hydrogen) atoms. The summed E-state index contributed by atoms with van der Waals surface area (Å²) in [4.78, 5) is 1.42. The molecule has 1 aromatic rings. The summed E-state index contributed by atoms with van der Waals surface area (Å²) in [7, 11) is 2.08. The maximum atomic E-state index is 3.46. The van der Waals surface area contributed by atoms with Crippen LogP contribution < -0.4 is 5.32 Å². The zero-order valence-electron chi connectivity index (χ0n) is 8.75. The minimum atomic E-state index is 0.562. The number of thioether (sulfide) groups is 1. The minimum Gasteiger partial charge on any atom is -0.312 e. The van der Waals surface area contributed by atoms with Crippen molar-refractivity contribution in [3.63, 3.8) is 0 Å². The summed E-state index contributed by atoms with van der Waals surface area (Å²) in [6.07, 6.45) is 2.75. The molecule has 0 amide bonds. The Bertz CT molecular complexity index is 289. The van der Waals surface area contributed by atoms with Gasteiger partial charge >= 0.3 is 0 Å². The largest absolute Gasteiger partial charge is 0.312 e. The van der Waals surface area contributed by atoms with Gasteiger partial charge in [-0.15, -0.1) is 11.3 Å². The van der Waals surface area contributed by atoms with Crippen LogP contribution in [0.2, 0.25) is 0 Å². The van der Waals surface area contributed by atoms with Crippen LogP contribution in [0.15, 0.2) is 11.4 Å². The maximum Gasteiger partial charge on any atom is 0.0446 e. The molecule has 0 spiro atoms. The molecule has 1 aromatic heterocycles. The van der Waals surface area contributed by atoms with E-state index in [1.54, 1.807) is 0 Å². The van der Waals surface area contributed by atoms with Gasteiger partial charge in [-0.25, -0.2) is 0 Å². The van der Waals surface area contributed by atoms with E-state index in [-0.39, 0.29) is 0 Å². The van der Waals surface area contributed by atoms with E-state index in [0.29, 0.717) is 6.04 Å². The first-order chi connectivity index (χ1) is 6.81. The Labute approximate surface area is 94.3 Å². The third-order valence-electron chi connectivity index (χ3n) is 2.76. The molecular weight excluding hydrogens is 210 g/mol. The average Bonchev–Trinajstić information content (AvgIpc) is 2.79. The number of rotatable bonds is 3. The lowest BCUT2D eigenvalue weighted by molar-refractivity contribution is 0.553. The zero-order chi connectivity index (χ0) is 9.97. The number of hydrogen-bond donors (Lipinski definition) is 1. The second kappa shape index (κ2) is 4.69. The van der Waals surface area contributed by atoms with Crippen LogP contribution in [0.5, 0.6) is 0 Å². The summed E-state index contributed by atoms with van der Waals surface area (Å²) >= 11 is 3.98. The van der Waals surface area contributed by atoms with Crippen molar-refractivity contribution >= 4 is 23.1 Å². The van der Waals surface area contributed by atoms with Gasteiger partial charge in [0, 0.05) is 16.2 Å². The van der Waals surface area contributed by atoms with Crippen LogP contribution in [0, 0.1) is 6.92 Å². The standard InChI is InChI=1S/C11H17NS2/c1-8-6-9(7-14-8)11(12-2)10-4-3-5-13-10/h6-7,10-12H,3-5H2,1-2H3. The molecule has 1 fully saturated rings. The molecule has 0 aliphatic carbocycles. The first-order valence-corrected chi connectivity index (χ1v) is 7.08. The number of hydrogen-bond acceptors (Lipinski definition) is 3. The smallest absolute Gasteiger partial charge is 0.0446 e. The molecule has 2 heterocycles. The van der Waals surface area contributed by atoms with E-state index >= 15 is 0 Å². The monoisotopic (exact) mass is 227 g/mol. The number of nitrogens with one attached hydrogen (secondary N) is 1. The third kappa shape index (κ3) is 2.15. The number of aryl methyl sites for hydroxylation is 1. The Morgan fingerprint density at radius 1 is 1.57 bits per heavy atom. The normalized spacial score (nSPS) is 24.0. The van der Waals surface area contributed by atoms with E-state index < -0.39 is 0 Å². The summed E-state index contributed by atoms with van der Waals surface area (Å²) in [6.45, 7) is 2.18. The van der Waals surface area contributed by atoms with Gasteiger partial charge in [-0.05, 0) is 49.6 Å². The van der Waals surface area contributed by atoms with Gasteiger partial charge in [0.05, 0.1) is 0 Å². The van der Waals surface area contributed by atoms with Gasteiger partial charge in [0.1, 0.15) is 0 Å². The van der Waals surface area contributed by atoms with E-state index in [9.17, 15) is 0 Å². The topological polar surface area (TPSA) is 12.0 Å². The molecule has 78 valence electrons. The molecule has 0 saturated carbocycles. The fraction of sp³-hybridized carbons (Fsp3) is 0.636. The lowest BCUT2D eigenvalue weighted by Gasteiger charge is -2.21. The zero-order valence-corrected chi connectivity index (χ0v) is 10.4. The average molecular weight is 227 g/mol. The van der Waals surface area contributed by atoms with Crippen LogP contribution in [0.1, 0.15) is 29.3 Å². The van der Waals surface area contributed by atoms with E-state index in [4.69, 9.17) is 0 Å². The molecule has 3 heteroatoms. The van der Waals surface area contributed by atoms with Gasteiger partial charge in [-0.1, -0.05) is 0 Å². The Morgan fingerprint density at radius 2 is 2.43 bits per heavy atom. The van der Waals surface area contributed by atoms with Crippen molar-refractivity contribution in [1.82, 2.24) is 5.32 Å². The van der Waals surface area contributed by atoms with Crippen LogP contribution in [-0.2, 0) is 0 Å². The molecular formula is C11H17NS2. The summed E-state index contributed by atoms with van der Waals surface area (Å²) in [6, 6.07) is 2.89. The minimum absolute atomic E-state index is 0.562. The molecule has 1 saturated heterocycles. The highest BCUT2D eigenvalue weighted by Gasteiger charge is 2.25. The highest BCUT2D eigenvalue weighted by molar-refractivity contribution is 8.00. The fourth-order valence-electron chi connectivity index (χ4n) is 2.06. The SMILES string of the molecule is CNC(c1csc(C)c1)C1CCCS1. The predicted octanol–water partition coefficient (Wildman–Crippen LogP) is 3.21. The lowest BCUT2D eigenvalue weighted by Crippen LogP contribution is -2.25. The van der Waals surface area contributed by atoms with Crippen LogP contribution in [0.4, 0.5) is 0 Å². The molecule has 2 atom stereocenters. The fourth-order valence-corrected chi connectivity index (χ4v) is 4.26. The van der Waals surface area contributed by atoms with Gasteiger partial charge in [0.15, 0.2) is 0 Å². The summed E-state index contributed by atoms with van der Waals surface area (Å²) < 4.78 is 0. The van der Waals surface area contributed by atoms with Crippen LogP contribution in [0.25, 0.3) is 0 Å². The molecule has 2 rings (SSSR count). The molecule has 1 N–H and O–H groups in total. The van der Waals surface area contributed by atoms with Crippen molar-refractivity contribution in [3.05, 3.63) is 21.9 Å². The van der Waals surface area contributed by atoms with Gasteiger partial charge in [0.2, 0.25) is 0 Å². The molecule has 0 radical (unpaired) electrons. The first-order valence-electron chi connectivity index (χ1n) is 5.15. The maximum absolute atomic E-state index is 3.46. The van der Waals surface area contributed by atoms with Gasteiger partial charge < -0.3 is 5.32 Å². The van der Waals surface area contributed by atoms with Gasteiger partial charge in [-0.3, -0.25) is 0 Å². The quantitative estimate of drug-likeness (QED) is 0.851. The highest BCUT2D eigenvalue weighted by atomic mass is 32.2. The predicted molar refractivity (Wildman–Crippen MR) is 66.3 cm³/mol. The van der Waals surface area contributed by atoms with E-state index in [2.05, 4.69) is 42.5 Å². The van der Waals surface area contributed by atoms with Crippen molar-refractivity contribution in [3.8, 4) is 0 Å². The second-order valence-corrected chi connectivity index (χ2v) is 6.27. The van der Waals surface area contributed by atoms with Crippen LogP contribution in [-0.4, -0.2) is 18.1 Å². The Morgan fingerprint density at radius 3 is 2.93 bits per heavy atom. The van der Waals surface area contributed by atoms with Crippen molar-refractivity contribution in [2.75, 3.05) is 12.8 Å². The molecule has 0 aromatic carbocycles. The van der Waals surface area contributed by atoms with Crippen LogP contribution in [0.3, 0.4) is 0 Å². The molecule has 1 aliphatic heterocycles. The summed E-state index contributed by atoms with van der Waals surface area (Å²) in [5.41, 5.74) is 1.48. The van der Waals surface area contributed by atoms with E-state index in [1.807, 2.05) is 11.3 Å². The van der Waals surface area contributed by atoms with Crippen molar-refractivity contribution in [1.29, 1.82) is 0 Å². The van der Waals surface area contributed by atoms with Crippen molar-refractivity contribution < 1.29 is 0 Å². The Hall–Kier alpha value is 0.01000. The first kappa shape index (κ1) is 10.5. The van der Waals surface area contributed by atoms with Crippen molar-refractivity contribution in [2.24, 2.45) is 0 Å². The Balaban J connectivity index is 2.12. The molecule has 0 bridgehead atoms. The van der Waals surface area contributed by atoms with Gasteiger partial charge in [0.25, 0.3) is 0 Å².